The average Bonchev–Trinajstić information content (AvgIpc) is 2.80. The first-order valence-corrected chi connectivity index (χ1v) is 12.7. The van der Waals surface area contributed by atoms with Crippen LogP contribution < -0.4 is 15.6 Å². The number of sulfonamides is 1. The Labute approximate surface area is 195 Å². The molecule has 1 aliphatic heterocycles. The van der Waals surface area contributed by atoms with Crippen LogP contribution in [0.5, 0.6) is 11.6 Å². The Hall–Kier alpha value is -2.61. The number of ether oxygens (including phenoxy) is 2. The number of aromatic nitrogens is 2. The number of benzene rings is 1. The number of aromatic hydroxyl groups is 1. The summed E-state index contributed by atoms with van der Waals surface area (Å²) in [7, 11) is -2.34. The zero-order valence-corrected chi connectivity index (χ0v) is 19.9. The molecule has 0 spiro atoms. The number of anilines is 1. The number of rotatable bonds is 9. The number of hydrogen-bond donors (Lipinski definition) is 2. The molecule has 13 heteroatoms. The van der Waals surface area contributed by atoms with Gasteiger partial charge in [-0.1, -0.05) is 18.7 Å². The molecule has 3 rings (SSSR count). The van der Waals surface area contributed by atoms with Gasteiger partial charge < -0.3 is 19.9 Å². The summed E-state index contributed by atoms with van der Waals surface area (Å²) in [6.45, 7) is 3.44. The predicted octanol–water partition coefficient (Wildman–Crippen LogP) is 1.12. The zero-order chi connectivity index (χ0) is 24.0. The maximum Gasteiger partial charge on any atom is 0.257 e. The number of nitrogens with one attached hydrogen (secondary N) is 1. The Bertz CT molecular complexity index is 1160. The molecule has 0 unspecified atom stereocenters. The van der Waals surface area contributed by atoms with E-state index in [1.807, 2.05) is 6.92 Å². The second kappa shape index (κ2) is 11.0. The molecule has 2 heterocycles. The van der Waals surface area contributed by atoms with Gasteiger partial charge in [0.05, 0.1) is 42.7 Å². The van der Waals surface area contributed by atoms with Crippen molar-refractivity contribution in [3.63, 3.8) is 0 Å². The highest BCUT2D eigenvalue weighted by molar-refractivity contribution is 7.99. The molecule has 1 aromatic heterocycles. The highest BCUT2D eigenvalue weighted by Crippen LogP contribution is 2.29. The quantitative estimate of drug-likeness (QED) is 0.384. The molecule has 1 aliphatic rings. The second-order valence-corrected chi connectivity index (χ2v) is 9.98. The predicted molar refractivity (Wildman–Crippen MR) is 122 cm³/mol. The van der Waals surface area contributed by atoms with Crippen molar-refractivity contribution in [2.45, 2.75) is 29.9 Å². The molecule has 11 nitrogen and oxygen atoms in total. The molecule has 0 radical (unpaired) electrons. The van der Waals surface area contributed by atoms with Gasteiger partial charge in [-0.2, -0.15) is 9.29 Å². The Morgan fingerprint density at radius 1 is 1.30 bits per heavy atom. The largest absolute Gasteiger partial charge is 0.495 e. The first kappa shape index (κ1) is 25.0. The lowest BCUT2D eigenvalue weighted by atomic mass is 10.3. The van der Waals surface area contributed by atoms with Crippen molar-refractivity contribution in [1.29, 1.82) is 0 Å². The fourth-order valence-corrected chi connectivity index (χ4v) is 5.47. The van der Waals surface area contributed by atoms with E-state index in [0.717, 1.165) is 17.8 Å². The number of morpholine rings is 1. The molecule has 0 bridgehead atoms. The van der Waals surface area contributed by atoms with Gasteiger partial charge in [0.15, 0.2) is 5.16 Å². The summed E-state index contributed by atoms with van der Waals surface area (Å²) in [4.78, 5) is 28.7. The first-order valence-electron chi connectivity index (χ1n) is 10.3. The van der Waals surface area contributed by atoms with E-state index in [1.54, 1.807) is 0 Å². The van der Waals surface area contributed by atoms with Crippen molar-refractivity contribution in [2.75, 3.05) is 44.5 Å². The van der Waals surface area contributed by atoms with Gasteiger partial charge >= 0.3 is 0 Å². The van der Waals surface area contributed by atoms with Crippen molar-refractivity contribution in [3.05, 3.63) is 34.6 Å². The van der Waals surface area contributed by atoms with Gasteiger partial charge in [-0.3, -0.25) is 14.2 Å². The molecular weight excluding hydrogens is 472 g/mol. The molecule has 1 aromatic carbocycles. The van der Waals surface area contributed by atoms with Gasteiger partial charge in [0.1, 0.15) is 5.75 Å². The molecule has 0 atom stereocenters. The molecule has 33 heavy (non-hydrogen) atoms. The highest BCUT2D eigenvalue weighted by atomic mass is 32.2. The van der Waals surface area contributed by atoms with Crippen molar-refractivity contribution >= 4 is 33.4 Å². The Kier molecular flexibility index (Phi) is 8.35. The number of nitrogens with zero attached hydrogens (tertiary/aromatic N) is 3. The molecule has 2 aromatic rings. The van der Waals surface area contributed by atoms with Crippen LogP contribution >= 0.6 is 11.8 Å². The topological polar surface area (TPSA) is 140 Å². The van der Waals surface area contributed by atoms with E-state index in [-0.39, 0.29) is 34.6 Å². The normalized spacial score (nSPS) is 14.7. The van der Waals surface area contributed by atoms with Gasteiger partial charge in [0.25, 0.3) is 5.56 Å². The summed E-state index contributed by atoms with van der Waals surface area (Å²) < 4.78 is 39.1. The third kappa shape index (κ3) is 6.05. The lowest BCUT2D eigenvalue weighted by Gasteiger charge is -2.26. The molecule has 180 valence electrons. The molecule has 2 N–H and O–H groups in total. The van der Waals surface area contributed by atoms with Crippen molar-refractivity contribution in [2.24, 2.45) is 0 Å². The average molecular weight is 499 g/mol. The van der Waals surface area contributed by atoms with Gasteiger partial charge in [0.2, 0.25) is 21.8 Å². The van der Waals surface area contributed by atoms with Crippen LogP contribution in [0.4, 0.5) is 5.69 Å². The molecule has 1 fully saturated rings. The number of hydrogen-bond acceptors (Lipinski definition) is 9. The van der Waals surface area contributed by atoms with Crippen LogP contribution in [0.15, 0.2) is 39.1 Å². The minimum Gasteiger partial charge on any atom is -0.495 e. The van der Waals surface area contributed by atoms with Crippen LogP contribution in [0.3, 0.4) is 0 Å². The zero-order valence-electron chi connectivity index (χ0n) is 18.3. The summed E-state index contributed by atoms with van der Waals surface area (Å²) in [5, 5.41) is 12.5. The van der Waals surface area contributed by atoms with Gasteiger partial charge in [0, 0.05) is 19.6 Å². The van der Waals surface area contributed by atoms with Gasteiger partial charge in [-0.25, -0.2) is 8.42 Å². The number of methoxy groups -OCH3 is 1. The van der Waals surface area contributed by atoms with Crippen molar-refractivity contribution in [3.8, 4) is 11.6 Å². The Morgan fingerprint density at radius 3 is 2.70 bits per heavy atom. The lowest BCUT2D eigenvalue weighted by molar-refractivity contribution is -0.113. The monoisotopic (exact) mass is 498 g/mol. The van der Waals surface area contributed by atoms with Crippen LogP contribution in [0.25, 0.3) is 0 Å². The fourth-order valence-electron chi connectivity index (χ4n) is 3.21. The van der Waals surface area contributed by atoms with Crippen LogP contribution in [0, 0.1) is 0 Å². The molecule has 0 saturated carbocycles. The first-order chi connectivity index (χ1) is 15.8. The SMILES string of the molecule is CCCn1c(SCC(=O)Nc2cc(S(=O)(=O)N3CCOCC3)ccc2OC)nc(O)cc1=O. The Morgan fingerprint density at radius 2 is 2.03 bits per heavy atom. The van der Waals surface area contributed by atoms with E-state index in [4.69, 9.17) is 9.47 Å². The summed E-state index contributed by atoms with van der Waals surface area (Å²) in [5.41, 5.74) is -0.206. The number of amides is 1. The third-order valence-electron chi connectivity index (χ3n) is 4.79. The van der Waals surface area contributed by atoms with Crippen molar-refractivity contribution in [1.82, 2.24) is 13.9 Å². The van der Waals surface area contributed by atoms with Crippen molar-refractivity contribution < 1.29 is 27.8 Å². The summed E-state index contributed by atoms with van der Waals surface area (Å²) in [5.74, 6) is -0.700. The summed E-state index contributed by atoms with van der Waals surface area (Å²) in [6, 6.07) is 5.27. The highest BCUT2D eigenvalue weighted by Gasteiger charge is 2.27. The number of carbonyl (C=O) groups excluding carboxylic acids is 1. The summed E-state index contributed by atoms with van der Waals surface area (Å²) in [6.07, 6.45) is 0.674. The summed E-state index contributed by atoms with van der Waals surface area (Å²) >= 11 is 0.987. The van der Waals surface area contributed by atoms with E-state index in [1.165, 1.54) is 34.2 Å². The number of carbonyl (C=O) groups is 1. The molecular formula is C20H26N4O7S2. The van der Waals surface area contributed by atoms with E-state index in [0.29, 0.717) is 31.9 Å². The maximum absolute atomic E-state index is 12.9. The lowest BCUT2D eigenvalue weighted by Crippen LogP contribution is -2.40. The van der Waals surface area contributed by atoms with E-state index < -0.39 is 27.4 Å². The Balaban J connectivity index is 1.77. The van der Waals surface area contributed by atoms with Crippen LogP contribution in [-0.2, 0) is 26.1 Å². The van der Waals surface area contributed by atoms with Gasteiger partial charge in [-0.05, 0) is 24.6 Å². The van der Waals surface area contributed by atoms with E-state index in [2.05, 4.69) is 10.3 Å². The minimum atomic E-state index is -3.76. The second-order valence-electron chi connectivity index (χ2n) is 7.10. The standard InChI is InChI=1S/C20H26N4O7S2/c1-3-6-24-19(27)12-17(25)22-20(24)32-13-18(26)21-15-11-14(4-5-16(15)30-2)33(28,29)23-7-9-31-10-8-23/h4-5,11-12,25H,3,6-10,13H2,1-2H3,(H,21,26). The molecule has 1 amide bonds. The molecule has 0 aliphatic carbocycles. The maximum atomic E-state index is 12.9. The molecule has 1 saturated heterocycles. The fraction of sp³-hybridized carbons (Fsp3) is 0.450. The van der Waals surface area contributed by atoms with Crippen LogP contribution in [0.2, 0.25) is 0 Å². The number of thioether (sulfide) groups is 1. The van der Waals surface area contributed by atoms with Crippen LogP contribution in [0.1, 0.15) is 13.3 Å². The minimum absolute atomic E-state index is 0.0274. The van der Waals surface area contributed by atoms with Gasteiger partial charge in [-0.15, -0.1) is 0 Å². The van der Waals surface area contributed by atoms with E-state index in [9.17, 15) is 23.1 Å². The van der Waals surface area contributed by atoms with E-state index >= 15 is 0 Å². The smallest absolute Gasteiger partial charge is 0.257 e. The third-order valence-corrected chi connectivity index (χ3v) is 7.66. The van der Waals surface area contributed by atoms with Crippen LogP contribution in [-0.4, -0.2) is 72.5 Å².